The van der Waals surface area contributed by atoms with E-state index in [1.165, 1.54) is 43.4 Å². The van der Waals surface area contributed by atoms with Crippen molar-refractivity contribution in [2.45, 2.75) is 0 Å². The number of hydrogen-bond donors (Lipinski definition) is 1. The highest BCUT2D eigenvalue weighted by Crippen LogP contribution is 2.43. The van der Waals surface area contributed by atoms with E-state index in [4.69, 9.17) is 15.0 Å². The molecule has 6 heteroatoms. The second-order valence-corrected chi connectivity index (χ2v) is 14.5. The zero-order valence-corrected chi connectivity index (χ0v) is 30.6. The molecule has 0 saturated heterocycles. The van der Waals surface area contributed by atoms with Crippen LogP contribution in [0.5, 0.6) is 0 Å². The van der Waals surface area contributed by atoms with Crippen LogP contribution in [0.1, 0.15) is 0 Å². The van der Waals surface area contributed by atoms with Crippen molar-refractivity contribution in [1.29, 1.82) is 0 Å². The lowest BCUT2D eigenvalue weighted by Gasteiger charge is -2.11. The van der Waals surface area contributed by atoms with Crippen molar-refractivity contribution in [3.63, 3.8) is 0 Å². The number of para-hydroxylation sites is 3. The maximum atomic E-state index is 5.04. The van der Waals surface area contributed by atoms with Gasteiger partial charge in [0.05, 0.1) is 33.1 Å². The fraction of sp³-hybridized carbons (Fsp3) is 0. The van der Waals surface area contributed by atoms with E-state index in [1.54, 1.807) is 0 Å². The Kier molecular flexibility index (Phi) is 6.83. The Morgan fingerprint density at radius 2 is 0.737 bits per heavy atom. The van der Waals surface area contributed by atoms with Gasteiger partial charge >= 0.3 is 0 Å². The molecule has 0 fully saturated rings. The largest absolute Gasteiger partial charge is 0.353 e. The first-order valence-corrected chi connectivity index (χ1v) is 19.2. The normalized spacial score (nSPS) is 11.9. The van der Waals surface area contributed by atoms with Crippen LogP contribution in [0, 0.1) is 0 Å². The van der Waals surface area contributed by atoms with E-state index in [0.29, 0.717) is 17.5 Å². The highest BCUT2D eigenvalue weighted by atomic mass is 15.0. The van der Waals surface area contributed by atoms with E-state index in [2.05, 4.69) is 142 Å². The maximum Gasteiger partial charge on any atom is 0.164 e. The minimum atomic E-state index is 0.627. The summed E-state index contributed by atoms with van der Waals surface area (Å²) < 4.78 is 4.75. The van der Waals surface area contributed by atoms with E-state index < -0.39 is 0 Å². The molecule has 0 bridgehead atoms. The van der Waals surface area contributed by atoms with Gasteiger partial charge in [0.2, 0.25) is 0 Å². The van der Waals surface area contributed by atoms with Crippen LogP contribution in [0.3, 0.4) is 0 Å². The minimum absolute atomic E-state index is 0.627. The molecule has 0 aliphatic carbocycles. The zero-order chi connectivity index (χ0) is 37.5. The molecule has 266 valence electrons. The van der Waals surface area contributed by atoms with E-state index in [1.807, 2.05) is 60.7 Å². The highest BCUT2D eigenvalue weighted by molar-refractivity contribution is 6.30. The van der Waals surface area contributed by atoms with E-state index in [9.17, 15) is 0 Å². The van der Waals surface area contributed by atoms with Crippen LogP contribution in [-0.2, 0) is 0 Å². The lowest BCUT2D eigenvalue weighted by molar-refractivity contribution is 1.07. The molecule has 0 aliphatic heterocycles. The van der Waals surface area contributed by atoms with Crippen LogP contribution >= 0.6 is 0 Å². The summed E-state index contributed by atoms with van der Waals surface area (Å²) in [6.07, 6.45) is 0. The molecule has 6 nitrogen and oxygen atoms in total. The molecule has 0 radical (unpaired) electrons. The van der Waals surface area contributed by atoms with E-state index in [0.717, 1.165) is 50.1 Å². The second kappa shape index (κ2) is 12.3. The summed E-state index contributed by atoms with van der Waals surface area (Å²) in [7, 11) is 0. The Hall–Kier alpha value is -7.83. The summed E-state index contributed by atoms with van der Waals surface area (Å²) in [6, 6.07) is 66.0. The van der Waals surface area contributed by atoms with Gasteiger partial charge < -0.3 is 14.1 Å². The van der Waals surface area contributed by atoms with Crippen molar-refractivity contribution in [1.82, 2.24) is 29.1 Å². The number of hydrogen-bond acceptors (Lipinski definition) is 3. The average Bonchev–Trinajstić information content (AvgIpc) is 3.95. The third-order valence-electron chi connectivity index (χ3n) is 11.3. The lowest BCUT2D eigenvalue weighted by Crippen LogP contribution is -2.01. The molecule has 0 saturated carbocycles. The Morgan fingerprint density at radius 1 is 0.316 bits per heavy atom. The zero-order valence-electron chi connectivity index (χ0n) is 30.6. The van der Waals surface area contributed by atoms with Gasteiger partial charge in [0.1, 0.15) is 0 Å². The van der Waals surface area contributed by atoms with Crippen LogP contribution < -0.4 is 0 Å². The predicted octanol–water partition coefficient (Wildman–Crippen LogP) is 12.7. The van der Waals surface area contributed by atoms with E-state index >= 15 is 0 Å². The van der Waals surface area contributed by atoms with Gasteiger partial charge in [-0.05, 0) is 48.5 Å². The fourth-order valence-corrected chi connectivity index (χ4v) is 8.81. The number of aromatic amines is 1. The molecule has 0 atom stereocenters. The summed E-state index contributed by atoms with van der Waals surface area (Å²) in [6.45, 7) is 0. The number of nitrogens with one attached hydrogen (secondary N) is 1. The van der Waals surface area contributed by atoms with Gasteiger partial charge in [0, 0.05) is 60.4 Å². The molecule has 0 aliphatic rings. The van der Waals surface area contributed by atoms with Crippen molar-refractivity contribution in [3.05, 3.63) is 188 Å². The number of nitrogens with zero attached hydrogens (tertiary/aromatic N) is 5. The topological polar surface area (TPSA) is 64.3 Å². The van der Waals surface area contributed by atoms with Crippen LogP contribution in [0.4, 0.5) is 0 Å². The fourth-order valence-electron chi connectivity index (χ4n) is 8.81. The van der Waals surface area contributed by atoms with Crippen molar-refractivity contribution in [2.24, 2.45) is 0 Å². The van der Waals surface area contributed by atoms with Crippen molar-refractivity contribution in [3.8, 4) is 45.5 Å². The third kappa shape index (κ3) is 4.81. The number of H-pyrrole nitrogens is 1. The smallest absolute Gasteiger partial charge is 0.164 e. The summed E-state index contributed by atoms with van der Waals surface area (Å²) in [5, 5.41) is 7.27. The Balaban J connectivity index is 1.08. The summed E-state index contributed by atoms with van der Waals surface area (Å²) in [4.78, 5) is 19.0. The van der Waals surface area contributed by atoms with E-state index in [-0.39, 0.29) is 0 Å². The van der Waals surface area contributed by atoms with Crippen molar-refractivity contribution < 1.29 is 0 Å². The molecule has 8 aromatic carbocycles. The third-order valence-corrected chi connectivity index (χ3v) is 11.3. The van der Waals surface area contributed by atoms with Crippen molar-refractivity contribution >= 4 is 65.4 Å². The first-order chi connectivity index (χ1) is 28.3. The van der Waals surface area contributed by atoms with Crippen molar-refractivity contribution in [2.75, 3.05) is 0 Å². The second-order valence-electron chi connectivity index (χ2n) is 14.5. The Morgan fingerprint density at radius 3 is 1.28 bits per heavy atom. The average molecular weight is 729 g/mol. The first kappa shape index (κ1) is 31.5. The van der Waals surface area contributed by atoms with Gasteiger partial charge in [-0.25, -0.2) is 15.0 Å². The molecule has 4 heterocycles. The molecular weight excluding hydrogens is 697 g/mol. The van der Waals surface area contributed by atoms with Crippen LogP contribution in [0.25, 0.3) is 111 Å². The molecule has 0 unspecified atom stereocenters. The highest BCUT2D eigenvalue weighted by Gasteiger charge is 2.21. The Labute approximate surface area is 327 Å². The maximum absolute atomic E-state index is 5.04. The number of benzene rings is 8. The van der Waals surface area contributed by atoms with Crippen LogP contribution in [0.15, 0.2) is 188 Å². The molecule has 0 spiro atoms. The number of aromatic nitrogens is 6. The van der Waals surface area contributed by atoms with Gasteiger partial charge in [0.15, 0.2) is 17.5 Å². The monoisotopic (exact) mass is 728 g/mol. The SMILES string of the molecule is c1ccc(-c2nc(-c3ccccc3)nc(-c3cccc(-n4c5ccccc5c5c6[nH]c7c(ccc8c7c7ccccc7n8-c7ccccc7)c6ccc54)c3)n2)cc1. The van der Waals surface area contributed by atoms with Gasteiger partial charge in [-0.1, -0.05) is 140 Å². The summed E-state index contributed by atoms with van der Waals surface area (Å²) in [5.41, 5.74) is 11.9. The Bertz CT molecular complexity index is 3450. The number of fused-ring (bicyclic) bond motifs is 11. The molecular formula is C51H32N6. The van der Waals surface area contributed by atoms with Gasteiger partial charge in [-0.3, -0.25) is 0 Å². The molecule has 0 amide bonds. The summed E-state index contributed by atoms with van der Waals surface area (Å²) >= 11 is 0. The number of rotatable bonds is 5. The summed E-state index contributed by atoms with van der Waals surface area (Å²) in [5.74, 6) is 1.91. The molecule has 1 N–H and O–H groups in total. The molecule has 57 heavy (non-hydrogen) atoms. The van der Waals surface area contributed by atoms with Crippen LogP contribution in [-0.4, -0.2) is 29.1 Å². The molecule has 12 rings (SSSR count). The quantitative estimate of drug-likeness (QED) is 0.192. The first-order valence-electron chi connectivity index (χ1n) is 19.2. The lowest BCUT2D eigenvalue weighted by atomic mass is 10.1. The minimum Gasteiger partial charge on any atom is -0.353 e. The van der Waals surface area contributed by atoms with Gasteiger partial charge in [0.25, 0.3) is 0 Å². The molecule has 4 aromatic heterocycles. The van der Waals surface area contributed by atoms with Gasteiger partial charge in [-0.15, -0.1) is 0 Å². The van der Waals surface area contributed by atoms with Gasteiger partial charge in [-0.2, -0.15) is 0 Å². The predicted molar refractivity (Wildman–Crippen MR) is 234 cm³/mol. The standard InChI is InChI=1S/C51H32N6/c1-4-15-32(16-5-1)49-53-50(33-17-6-2-7-18-33)55-51(54-49)34-19-14-22-36(31-34)57-42-26-13-11-24-40(42)46-44(57)30-28-38-37-27-29-43-45(47(37)52-48(38)46)39-23-10-12-25-41(39)56(43)35-20-8-3-9-21-35/h1-31,52H. The van der Waals surface area contributed by atoms with Crippen LogP contribution in [0.2, 0.25) is 0 Å². The molecule has 12 aromatic rings.